The van der Waals surface area contributed by atoms with E-state index in [1.165, 1.54) is 57.8 Å². The van der Waals surface area contributed by atoms with Gasteiger partial charge < -0.3 is 10.4 Å². The first-order valence-electron chi connectivity index (χ1n) is 9.24. The topological polar surface area (TPSA) is 32.3 Å². The lowest BCUT2D eigenvalue weighted by atomic mass is 9.96. The highest BCUT2D eigenvalue weighted by Gasteiger charge is 2.22. The molecule has 2 nitrogen and oxygen atoms in total. The van der Waals surface area contributed by atoms with Crippen molar-refractivity contribution >= 4 is 0 Å². The average Bonchev–Trinajstić information content (AvgIpc) is 2.38. The van der Waals surface area contributed by atoms with Gasteiger partial charge >= 0.3 is 0 Å². The van der Waals surface area contributed by atoms with E-state index < -0.39 is 5.60 Å². The second-order valence-electron chi connectivity index (χ2n) is 8.03. The van der Waals surface area contributed by atoms with Gasteiger partial charge in [-0.05, 0) is 34.1 Å². The van der Waals surface area contributed by atoms with Crippen LogP contribution in [0.2, 0.25) is 0 Å². The summed E-state index contributed by atoms with van der Waals surface area (Å²) in [6.07, 6.45) is 14.4. The van der Waals surface area contributed by atoms with E-state index in [9.17, 15) is 5.11 Å². The zero-order valence-corrected chi connectivity index (χ0v) is 15.4. The molecule has 2 heteroatoms. The molecule has 0 aliphatic heterocycles. The Bertz CT molecular complexity index is 230. The summed E-state index contributed by atoms with van der Waals surface area (Å²) < 4.78 is 0. The van der Waals surface area contributed by atoms with Crippen molar-refractivity contribution in [2.45, 2.75) is 116 Å². The van der Waals surface area contributed by atoms with Crippen LogP contribution in [0.5, 0.6) is 0 Å². The van der Waals surface area contributed by atoms with Crippen LogP contribution in [0.3, 0.4) is 0 Å². The number of unbranched alkanes of at least 4 members (excludes halogenated alkanes) is 9. The van der Waals surface area contributed by atoms with E-state index in [-0.39, 0.29) is 5.54 Å². The molecule has 0 bridgehead atoms. The highest BCUT2D eigenvalue weighted by Crippen LogP contribution is 2.17. The minimum atomic E-state index is -0.562. The van der Waals surface area contributed by atoms with E-state index >= 15 is 0 Å². The van der Waals surface area contributed by atoms with Crippen molar-refractivity contribution < 1.29 is 5.11 Å². The van der Waals surface area contributed by atoms with Gasteiger partial charge in [0, 0.05) is 12.1 Å². The molecule has 0 saturated heterocycles. The third-order valence-corrected chi connectivity index (χ3v) is 4.07. The monoisotopic (exact) mass is 299 g/mol. The molecule has 128 valence electrons. The molecule has 1 unspecified atom stereocenters. The first-order chi connectivity index (χ1) is 9.77. The van der Waals surface area contributed by atoms with Crippen molar-refractivity contribution in [2.75, 3.05) is 6.54 Å². The van der Waals surface area contributed by atoms with Gasteiger partial charge in [0.05, 0.1) is 5.60 Å². The molecule has 2 N–H and O–H groups in total. The Morgan fingerprint density at radius 3 is 1.57 bits per heavy atom. The minimum absolute atomic E-state index is 0.0851. The van der Waals surface area contributed by atoms with Crippen LogP contribution in [0, 0.1) is 0 Å². The fourth-order valence-corrected chi connectivity index (χ4v) is 2.54. The molecule has 0 fully saturated rings. The lowest BCUT2D eigenvalue weighted by Gasteiger charge is -2.29. The third-order valence-electron chi connectivity index (χ3n) is 4.07. The van der Waals surface area contributed by atoms with Crippen LogP contribution in [0.4, 0.5) is 0 Å². The molecule has 0 aromatic rings. The Labute approximate surface area is 134 Å². The highest BCUT2D eigenvalue weighted by atomic mass is 16.3. The van der Waals surface area contributed by atoms with Crippen LogP contribution in [0.15, 0.2) is 0 Å². The molecule has 0 amide bonds. The summed E-state index contributed by atoms with van der Waals surface area (Å²) >= 11 is 0. The zero-order valence-electron chi connectivity index (χ0n) is 15.4. The maximum absolute atomic E-state index is 10.3. The quantitative estimate of drug-likeness (QED) is 0.444. The summed E-state index contributed by atoms with van der Waals surface area (Å²) in [7, 11) is 0. The predicted molar refractivity (Wildman–Crippen MR) is 94.8 cm³/mol. The van der Waals surface area contributed by atoms with Gasteiger partial charge in [0.1, 0.15) is 0 Å². The van der Waals surface area contributed by atoms with Gasteiger partial charge in [-0.25, -0.2) is 0 Å². The minimum Gasteiger partial charge on any atom is -0.389 e. The first kappa shape index (κ1) is 20.9. The molecule has 21 heavy (non-hydrogen) atoms. The zero-order chi connectivity index (χ0) is 16.2. The number of hydrogen-bond donors (Lipinski definition) is 2. The first-order valence-corrected chi connectivity index (χ1v) is 9.24. The molecule has 0 aliphatic carbocycles. The number of hydrogen-bond acceptors (Lipinski definition) is 2. The van der Waals surface area contributed by atoms with Crippen LogP contribution in [0.25, 0.3) is 0 Å². The summed E-state index contributed by atoms with van der Waals surface area (Å²) in [6, 6.07) is 0. The highest BCUT2D eigenvalue weighted by molar-refractivity contribution is 4.80. The normalized spacial score (nSPS) is 15.1. The summed E-state index contributed by atoms with van der Waals surface area (Å²) in [5, 5.41) is 13.7. The second kappa shape index (κ2) is 11.5. The van der Waals surface area contributed by atoms with Crippen molar-refractivity contribution in [1.82, 2.24) is 5.32 Å². The summed E-state index contributed by atoms with van der Waals surface area (Å²) in [5.74, 6) is 0. The van der Waals surface area contributed by atoms with E-state index in [0.29, 0.717) is 6.54 Å². The van der Waals surface area contributed by atoms with Crippen LogP contribution < -0.4 is 5.32 Å². The Hall–Kier alpha value is -0.0800. The van der Waals surface area contributed by atoms with Crippen LogP contribution >= 0.6 is 0 Å². The van der Waals surface area contributed by atoms with Gasteiger partial charge in [0.2, 0.25) is 0 Å². The van der Waals surface area contributed by atoms with Crippen LogP contribution in [-0.4, -0.2) is 22.8 Å². The van der Waals surface area contributed by atoms with Crippen molar-refractivity contribution in [3.05, 3.63) is 0 Å². The van der Waals surface area contributed by atoms with Gasteiger partial charge in [-0.3, -0.25) is 0 Å². The molecule has 0 spiro atoms. The largest absolute Gasteiger partial charge is 0.389 e. The molecule has 0 saturated carbocycles. The summed E-state index contributed by atoms with van der Waals surface area (Å²) in [4.78, 5) is 0. The molecule has 0 heterocycles. The maximum atomic E-state index is 10.3. The molecule has 0 radical (unpaired) electrons. The summed E-state index contributed by atoms with van der Waals surface area (Å²) in [5.41, 5.74) is -0.477. The fraction of sp³-hybridized carbons (Fsp3) is 1.00. The smallest absolute Gasteiger partial charge is 0.0743 e. The lowest BCUT2D eigenvalue weighted by Crippen LogP contribution is -2.46. The molecule has 0 aromatic carbocycles. The Morgan fingerprint density at radius 2 is 1.14 bits per heavy atom. The number of β-amino-alcohol motifs (C(OH)–C–C–N with tert-alkyl or cyclic N) is 1. The standard InChI is InChI=1S/C19H41NO/c1-6-7-8-9-10-11-12-13-14-15-16-19(5,21)17-20-18(2,3)4/h20-21H,6-17H2,1-5H3. The predicted octanol–water partition coefficient (Wildman–Crippen LogP) is 5.44. The average molecular weight is 300 g/mol. The Morgan fingerprint density at radius 1 is 0.714 bits per heavy atom. The molecule has 0 aromatic heterocycles. The number of rotatable bonds is 13. The van der Waals surface area contributed by atoms with Gasteiger partial charge in [0.15, 0.2) is 0 Å². The number of nitrogens with one attached hydrogen (secondary N) is 1. The van der Waals surface area contributed by atoms with E-state index in [0.717, 1.165) is 12.8 Å². The van der Waals surface area contributed by atoms with Crippen molar-refractivity contribution in [3.8, 4) is 0 Å². The SMILES string of the molecule is CCCCCCCCCCCCC(C)(O)CNC(C)(C)C. The van der Waals surface area contributed by atoms with Gasteiger partial charge in [0.25, 0.3) is 0 Å². The Kier molecular flexibility index (Phi) is 11.4. The second-order valence-corrected chi connectivity index (χ2v) is 8.03. The van der Waals surface area contributed by atoms with Crippen molar-refractivity contribution in [3.63, 3.8) is 0 Å². The Balaban J connectivity index is 3.40. The maximum Gasteiger partial charge on any atom is 0.0743 e. The molecule has 0 rings (SSSR count). The van der Waals surface area contributed by atoms with E-state index in [2.05, 4.69) is 33.0 Å². The van der Waals surface area contributed by atoms with Gasteiger partial charge in [-0.15, -0.1) is 0 Å². The molecule has 1 atom stereocenters. The summed E-state index contributed by atoms with van der Waals surface area (Å²) in [6.45, 7) is 11.3. The van der Waals surface area contributed by atoms with Gasteiger partial charge in [-0.1, -0.05) is 71.1 Å². The molecular formula is C19H41NO. The van der Waals surface area contributed by atoms with Crippen molar-refractivity contribution in [1.29, 1.82) is 0 Å². The van der Waals surface area contributed by atoms with Crippen LogP contribution in [-0.2, 0) is 0 Å². The van der Waals surface area contributed by atoms with E-state index in [1.54, 1.807) is 0 Å². The van der Waals surface area contributed by atoms with Crippen LogP contribution in [0.1, 0.15) is 105 Å². The van der Waals surface area contributed by atoms with Gasteiger partial charge in [-0.2, -0.15) is 0 Å². The van der Waals surface area contributed by atoms with E-state index in [4.69, 9.17) is 0 Å². The number of aliphatic hydroxyl groups is 1. The fourth-order valence-electron chi connectivity index (χ4n) is 2.54. The van der Waals surface area contributed by atoms with E-state index in [1.807, 2.05) is 6.92 Å². The van der Waals surface area contributed by atoms with Crippen molar-refractivity contribution in [2.24, 2.45) is 0 Å². The third kappa shape index (κ3) is 16.1. The molecule has 0 aliphatic rings. The molecular weight excluding hydrogens is 258 g/mol. The lowest BCUT2D eigenvalue weighted by molar-refractivity contribution is 0.0419.